The van der Waals surface area contributed by atoms with Gasteiger partial charge in [0.1, 0.15) is 0 Å². The van der Waals surface area contributed by atoms with E-state index in [1.807, 2.05) is 15.5 Å². The molecule has 0 aromatic rings. The van der Waals surface area contributed by atoms with Crippen molar-refractivity contribution in [2.45, 2.75) is 0 Å². The number of hydrogen-bond acceptors (Lipinski definition) is 0. The molecule has 0 atom stereocenters. The van der Waals surface area contributed by atoms with Crippen LogP contribution in [-0.4, -0.2) is 23.9 Å². The van der Waals surface area contributed by atoms with Crippen LogP contribution in [0.5, 0.6) is 0 Å². The third kappa shape index (κ3) is 154000. The maximum atomic E-state index is 2.00. The summed E-state index contributed by atoms with van der Waals surface area (Å²) >= 11 is 0. The fraction of sp³-hybridized carbons (Fsp3) is 0. The van der Waals surface area contributed by atoms with Gasteiger partial charge >= 0.3 is 0 Å². The summed E-state index contributed by atoms with van der Waals surface area (Å²) in [6.07, 6.45) is 0. The number of hydrogen-bond donors (Lipinski definition) is 0. The van der Waals surface area contributed by atoms with E-state index in [9.17, 15) is 0 Å². The molecule has 0 unspecified atom stereocenters. The fourth-order valence-electron chi connectivity index (χ4n) is 0. The van der Waals surface area contributed by atoms with Crippen LogP contribution in [0.1, 0.15) is 0 Å². The lowest BCUT2D eigenvalue weighted by Gasteiger charge is -0.936. The standard InChI is InChI=1S/B2H4.B.3FH/c1-2;;;;/h1-2H2;;3*1H. The molecule has 3 radical (unpaired) electrons. The second kappa shape index (κ2) is 343000. The molecule has 0 saturated heterocycles. The maximum Gasteiger partial charge on any atom is 0.0643 e. The molecule has 0 saturated carbocycles. The first-order valence-electron chi connectivity index (χ1n) is 1.00. The van der Waals surface area contributed by atoms with E-state index in [-0.39, 0.29) is 22.5 Å². The zero-order valence-corrected chi connectivity index (χ0v) is 3.80. The van der Waals surface area contributed by atoms with Crippen LogP contribution in [0.3, 0.4) is 0 Å². The predicted molar refractivity (Wildman–Crippen MR) is 30.4 cm³/mol. The molecule has 0 fully saturated rings. The van der Waals surface area contributed by atoms with Gasteiger partial charge in [0, 0.05) is 8.41 Å². The average molecular weight is 96.5 g/mol. The minimum Gasteiger partial charge on any atom is -0.269 e. The van der Waals surface area contributed by atoms with E-state index in [4.69, 9.17) is 0 Å². The lowest BCUT2D eigenvalue weighted by atomic mass is 9.81. The van der Waals surface area contributed by atoms with Gasteiger partial charge in [0.2, 0.25) is 0 Å². The first kappa shape index (κ1) is 153. The van der Waals surface area contributed by atoms with E-state index in [0.717, 1.165) is 0 Å². The molecule has 0 amide bonds. The smallest absolute Gasteiger partial charge is 0.0643 e. The van der Waals surface area contributed by atoms with E-state index in [2.05, 4.69) is 0 Å². The quantitative estimate of drug-likeness (QED) is 0.314. The van der Waals surface area contributed by atoms with Crippen molar-refractivity contribution in [1.82, 2.24) is 0 Å². The van der Waals surface area contributed by atoms with Crippen LogP contribution in [0.15, 0.2) is 0 Å². The monoisotopic (exact) mass is 97.1 g/mol. The summed E-state index contributed by atoms with van der Waals surface area (Å²) in [5.74, 6) is 0. The second-order valence-corrected chi connectivity index (χ2v) is 0. The Kier molecular flexibility index (Phi) is 8760000. The number of rotatable bonds is 0. The lowest BCUT2D eigenvalue weighted by molar-refractivity contribution is 1.11. The normalized spacial score (nSPS) is 0.667. The minimum absolute atomic E-state index is 0. The molecule has 0 aliphatic heterocycles. The second-order valence-electron chi connectivity index (χ2n) is 0. The third-order valence-electron chi connectivity index (χ3n) is 0. The van der Waals surface area contributed by atoms with Crippen LogP contribution in [-0.2, 0) is 0 Å². The third-order valence-corrected chi connectivity index (χ3v) is 0. The van der Waals surface area contributed by atoms with Crippen LogP contribution < -0.4 is 0 Å². The van der Waals surface area contributed by atoms with Crippen LogP contribution in [0, 0.1) is 0 Å². The first-order chi connectivity index (χ1) is 1.00. The molecule has 0 aromatic carbocycles. The Morgan fingerprint density at radius 2 is 0.667 bits per heavy atom. The van der Waals surface area contributed by atoms with Crippen LogP contribution in [0.2, 0.25) is 0 Å². The predicted octanol–water partition coefficient (Wildman–Crippen LogP) is -1.76. The van der Waals surface area contributed by atoms with Crippen molar-refractivity contribution in [3.63, 3.8) is 0 Å². The van der Waals surface area contributed by atoms with Crippen molar-refractivity contribution in [3.8, 4) is 0 Å². The highest BCUT2D eigenvalue weighted by atomic mass is 19.0. The summed E-state index contributed by atoms with van der Waals surface area (Å²) in [6, 6.07) is 0. The molecule has 6 heteroatoms. The van der Waals surface area contributed by atoms with Crippen molar-refractivity contribution >= 4 is 23.9 Å². The van der Waals surface area contributed by atoms with Crippen molar-refractivity contribution in [2.75, 3.05) is 0 Å². The molecule has 6 heavy (non-hydrogen) atoms. The van der Waals surface area contributed by atoms with Gasteiger partial charge in [0.05, 0.1) is 15.5 Å². The van der Waals surface area contributed by atoms with Crippen molar-refractivity contribution in [3.05, 3.63) is 0 Å². The van der Waals surface area contributed by atoms with E-state index < -0.39 is 0 Å². The summed E-state index contributed by atoms with van der Waals surface area (Å²) in [4.78, 5) is 0. The molecular weight excluding hydrogens is 89.4 g/mol. The maximum absolute atomic E-state index is 2.00. The Bertz CT molecular complexity index is 6.00. The van der Waals surface area contributed by atoms with E-state index >= 15 is 0 Å². The van der Waals surface area contributed by atoms with Crippen molar-refractivity contribution in [2.24, 2.45) is 0 Å². The van der Waals surface area contributed by atoms with Gasteiger partial charge in [0.25, 0.3) is 0 Å². The Morgan fingerprint density at radius 1 is 0.667 bits per heavy atom. The zero-order chi connectivity index (χ0) is 2.00. The SMILES string of the molecule is BB.F.F.F.[B]. The molecule has 37 valence electrons. The highest BCUT2D eigenvalue weighted by molar-refractivity contribution is 6.75. The Labute approximate surface area is 39.2 Å². The van der Waals surface area contributed by atoms with Crippen molar-refractivity contribution < 1.29 is 14.1 Å². The molecule has 0 N–H and O–H groups in total. The first-order valence-corrected chi connectivity index (χ1v) is 1.00. The molecule has 0 aliphatic carbocycles. The van der Waals surface area contributed by atoms with E-state index in [1.54, 1.807) is 0 Å². The number of halogens is 3. The fourth-order valence-corrected chi connectivity index (χ4v) is 0. The summed E-state index contributed by atoms with van der Waals surface area (Å²) in [5.41, 5.74) is 0. The van der Waals surface area contributed by atoms with Gasteiger partial charge in [-0.15, -0.1) is 0 Å². The summed E-state index contributed by atoms with van der Waals surface area (Å²) in [7, 11) is 4.00. The van der Waals surface area contributed by atoms with E-state index in [0.29, 0.717) is 0 Å². The lowest BCUT2D eigenvalue weighted by Crippen LogP contribution is -1.38. The Balaban J connectivity index is -0.000000000833. The highest BCUT2D eigenvalue weighted by Gasteiger charge is 1.06. The topological polar surface area (TPSA) is 0 Å². The van der Waals surface area contributed by atoms with Crippen LogP contribution in [0.25, 0.3) is 0 Å². The molecular formula is H7B3F3. The van der Waals surface area contributed by atoms with Gasteiger partial charge in [-0.25, -0.2) is 0 Å². The minimum atomic E-state index is 0. The molecule has 0 nitrogen and oxygen atoms in total. The summed E-state index contributed by atoms with van der Waals surface area (Å²) < 4.78 is 0. The van der Waals surface area contributed by atoms with Gasteiger partial charge in [-0.05, 0) is 0 Å². The average Bonchev–Trinajstić information content (AvgIpc) is 1.00. The zero-order valence-electron chi connectivity index (χ0n) is 3.80. The summed E-state index contributed by atoms with van der Waals surface area (Å²) in [5, 5.41) is 0. The van der Waals surface area contributed by atoms with Gasteiger partial charge in [0.15, 0.2) is 0 Å². The largest absolute Gasteiger partial charge is 0.269 e. The molecule has 0 rings (SSSR count). The van der Waals surface area contributed by atoms with Gasteiger partial charge in [-0.3, -0.25) is 14.1 Å². The van der Waals surface area contributed by atoms with E-state index in [1.165, 1.54) is 0 Å². The molecule has 0 aromatic heterocycles. The molecule has 0 spiro atoms. The van der Waals surface area contributed by atoms with Gasteiger partial charge in [-0.2, -0.15) is 0 Å². The Hall–Kier alpha value is -0.0152. The molecule has 0 bridgehead atoms. The molecule has 0 heterocycles. The highest BCUT2D eigenvalue weighted by Crippen LogP contribution is 0.619. The molecule has 0 aliphatic rings. The van der Waals surface area contributed by atoms with Crippen molar-refractivity contribution in [1.29, 1.82) is 0 Å². The summed E-state index contributed by atoms with van der Waals surface area (Å²) in [6.45, 7) is 0. The van der Waals surface area contributed by atoms with Gasteiger partial charge in [-0.1, -0.05) is 0 Å². The van der Waals surface area contributed by atoms with Crippen LogP contribution >= 0.6 is 0 Å². The van der Waals surface area contributed by atoms with Crippen LogP contribution in [0.4, 0.5) is 14.1 Å². The Morgan fingerprint density at radius 3 is 0.667 bits per heavy atom. The van der Waals surface area contributed by atoms with Gasteiger partial charge < -0.3 is 0 Å².